The van der Waals surface area contributed by atoms with Gasteiger partial charge in [0.25, 0.3) is 0 Å². The molecule has 27 heavy (non-hydrogen) atoms. The second kappa shape index (κ2) is 7.13. The first-order chi connectivity index (χ1) is 13.0. The van der Waals surface area contributed by atoms with Crippen LogP contribution in [0.3, 0.4) is 0 Å². The zero-order chi connectivity index (χ0) is 19.0. The van der Waals surface area contributed by atoms with Crippen LogP contribution in [0.15, 0.2) is 47.4 Å². The minimum Gasteiger partial charge on any atom is -0.367 e. The molecule has 3 aromatic rings. The molecule has 0 aliphatic carbocycles. The molecule has 0 bridgehead atoms. The van der Waals surface area contributed by atoms with E-state index in [4.69, 9.17) is 17.3 Å². The number of nitrogens with two attached hydrogens (primary N) is 1. The molecule has 9 heteroatoms. The van der Waals surface area contributed by atoms with Crippen molar-refractivity contribution in [2.45, 2.75) is 18.2 Å². The average Bonchev–Trinajstić information content (AvgIpc) is 3.20. The Morgan fingerprint density at radius 1 is 1.26 bits per heavy atom. The Bertz CT molecular complexity index is 1000. The maximum absolute atomic E-state index is 11.7. The van der Waals surface area contributed by atoms with Crippen LogP contribution < -0.4 is 16.0 Å². The van der Waals surface area contributed by atoms with Crippen LogP contribution in [0.4, 0.5) is 23.3 Å². The highest BCUT2D eigenvalue weighted by molar-refractivity contribution is 7.97. The molecule has 1 aliphatic heterocycles. The van der Waals surface area contributed by atoms with Gasteiger partial charge in [0.1, 0.15) is 0 Å². The first-order valence-corrected chi connectivity index (χ1v) is 9.49. The summed E-state index contributed by atoms with van der Waals surface area (Å²) >= 11 is 7.27. The number of halogens is 1. The minimum atomic E-state index is 0.0626. The Hall–Kier alpha value is -2.71. The largest absolute Gasteiger partial charge is 0.367 e. The van der Waals surface area contributed by atoms with Crippen molar-refractivity contribution in [2.75, 3.05) is 22.5 Å². The number of hydrogen-bond donors (Lipinski definition) is 2. The fourth-order valence-corrected chi connectivity index (χ4v) is 3.86. The molecule has 1 aromatic heterocycles. The van der Waals surface area contributed by atoms with Gasteiger partial charge in [-0.1, -0.05) is 11.6 Å². The first-order valence-electron chi connectivity index (χ1n) is 8.34. The van der Waals surface area contributed by atoms with Gasteiger partial charge >= 0.3 is 0 Å². The van der Waals surface area contributed by atoms with Gasteiger partial charge < -0.3 is 16.0 Å². The summed E-state index contributed by atoms with van der Waals surface area (Å²) in [7, 11) is 0. The number of anilines is 4. The van der Waals surface area contributed by atoms with E-state index in [1.165, 1.54) is 11.9 Å². The van der Waals surface area contributed by atoms with Crippen molar-refractivity contribution in [1.82, 2.24) is 14.2 Å². The van der Waals surface area contributed by atoms with Crippen molar-refractivity contribution in [2.24, 2.45) is 0 Å². The molecule has 1 amide bonds. The zero-order valence-corrected chi connectivity index (χ0v) is 16.1. The number of carbonyl (C=O) groups is 1. The van der Waals surface area contributed by atoms with Crippen molar-refractivity contribution in [3.8, 4) is 0 Å². The summed E-state index contributed by atoms with van der Waals surface area (Å²) in [5, 5.41) is 8.15. The van der Waals surface area contributed by atoms with Crippen molar-refractivity contribution in [3.05, 3.63) is 53.1 Å². The van der Waals surface area contributed by atoms with E-state index in [1.807, 2.05) is 24.3 Å². The molecule has 0 atom stereocenters. The Kier molecular flexibility index (Phi) is 4.67. The normalized spacial score (nSPS) is 12.9. The van der Waals surface area contributed by atoms with Crippen molar-refractivity contribution >= 4 is 52.7 Å². The first kappa shape index (κ1) is 17.7. The highest BCUT2D eigenvalue weighted by Gasteiger charge is 2.22. The number of nitrogens with one attached hydrogen (secondary N) is 1. The summed E-state index contributed by atoms with van der Waals surface area (Å²) in [6.07, 6.45) is 0.847. The molecule has 3 N–H and O–H groups in total. The van der Waals surface area contributed by atoms with E-state index in [0.717, 1.165) is 34.8 Å². The number of benzene rings is 2. The molecule has 2 aromatic carbocycles. The van der Waals surface area contributed by atoms with Crippen LogP contribution in [0.1, 0.15) is 12.5 Å². The fourth-order valence-electron chi connectivity index (χ4n) is 2.96. The van der Waals surface area contributed by atoms with Gasteiger partial charge in [-0.15, -0.1) is 5.10 Å². The third-order valence-electron chi connectivity index (χ3n) is 4.22. The predicted octanol–water partition coefficient (Wildman–Crippen LogP) is 3.72. The number of amides is 1. The molecule has 0 fully saturated rings. The lowest BCUT2D eigenvalue weighted by atomic mass is 10.2. The fraction of sp³-hybridized carbons (Fsp3) is 0.167. The van der Waals surface area contributed by atoms with Crippen LogP contribution in [0.5, 0.6) is 0 Å². The third kappa shape index (κ3) is 3.72. The van der Waals surface area contributed by atoms with Gasteiger partial charge in [0.05, 0.1) is 0 Å². The number of hydrogen-bond acceptors (Lipinski definition) is 6. The summed E-state index contributed by atoms with van der Waals surface area (Å²) < 4.78 is 1.57. The summed E-state index contributed by atoms with van der Waals surface area (Å²) in [4.78, 5) is 18.7. The lowest BCUT2D eigenvalue weighted by molar-refractivity contribution is -0.116. The molecule has 138 valence electrons. The van der Waals surface area contributed by atoms with Crippen LogP contribution >= 0.6 is 23.5 Å². The van der Waals surface area contributed by atoms with Gasteiger partial charge in [0, 0.05) is 46.7 Å². The third-order valence-corrected chi connectivity index (χ3v) is 5.38. The second-order valence-corrected chi connectivity index (χ2v) is 7.54. The molecule has 0 saturated heterocycles. The number of fused-ring (bicyclic) bond motifs is 1. The molecular weight excluding hydrogens is 384 g/mol. The number of aromatic nitrogens is 3. The lowest BCUT2D eigenvalue weighted by Crippen LogP contribution is -2.25. The van der Waals surface area contributed by atoms with E-state index in [1.54, 1.807) is 28.0 Å². The quantitative estimate of drug-likeness (QED) is 0.693. The maximum atomic E-state index is 11.7. The van der Waals surface area contributed by atoms with Crippen molar-refractivity contribution in [3.63, 3.8) is 0 Å². The monoisotopic (exact) mass is 400 g/mol. The predicted molar refractivity (Wildman–Crippen MR) is 109 cm³/mol. The second-order valence-electron chi connectivity index (χ2n) is 6.10. The van der Waals surface area contributed by atoms with Crippen molar-refractivity contribution < 1.29 is 4.79 Å². The molecule has 0 saturated carbocycles. The highest BCUT2D eigenvalue weighted by atomic mass is 35.5. The Morgan fingerprint density at radius 2 is 2.04 bits per heavy atom. The van der Waals surface area contributed by atoms with E-state index in [0.29, 0.717) is 16.9 Å². The van der Waals surface area contributed by atoms with Gasteiger partial charge in [0.15, 0.2) is 0 Å². The standard InChI is InChI=1S/C18H17ClN6OS/c1-11(26)24-9-8-12-10-15(6-7-16(12)24)27-25-17(20)22-18(23-25)21-14-4-2-13(19)3-5-14/h2-7,10H,8-9H2,1H3,(H3,20,21,22,23). The summed E-state index contributed by atoms with van der Waals surface area (Å²) in [6, 6.07) is 13.2. The zero-order valence-electron chi connectivity index (χ0n) is 14.5. The van der Waals surface area contributed by atoms with E-state index < -0.39 is 0 Å². The Labute approximate surface area is 165 Å². The summed E-state index contributed by atoms with van der Waals surface area (Å²) in [5.41, 5.74) is 8.94. The molecule has 0 spiro atoms. The van der Waals surface area contributed by atoms with Gasteiger partial charge in [-0.2, -0.15) is 9.07 Å². The van der Waals surface area contributed by atoms with Crippen LogP contribution in [0.2, 0.25) is 5.02 Å². The van der Waals surface area contributed by atoms with E-state index in [2.05, 4.69) is 21.5 Å². The van der Waals surface area contributed by atoms with Gasteiger partial charge in [-0.25, -0.2) is 0 Å². The Morgan fingerprint density at radius 3 is 2.78 bits per heavy atom. The topological polar surface area (TPSA) is 89.1 Å². The molecule has 4 rings (SSSR count). The molecular formula is C18H17ClN6OS. The smallest absolute Gasteiger partial charge is 0.249 e. The lowest BCUT2D eigenvalue weighted by Gasteiger charge is -2.14. The minimum absolute atomic E-state index is 0.0626. The van der Waals surface area contributed by atoms with Gasteiger partial charge in [0.2, 0.25) is 17.8 Å². The molecule has 1 aliphatic rings. The van der Waals surface area contributed by atoms with E-state index in [-0.39, 0.29) is 5.91 Å². The van der Waals surface area contributed by atoms with E-state index >= 15 is 0 Å². The number of nitrogens with zero attached hydrogens (tertiary/aromatic N) is 4. The Balaban J connectivity index is 1.51. The van der Waals surface area contributed by atoms with Gasteiger partial charge in [-0.3, -0.25) is 4.79 Å². The SMILES string of the molecule is CC(=O)N1CCc2cc(Sn3nc(Nc4ccc(Cl)cc4)nc3N)ccc21. The van der Waals surface area contributed by atoms with E-state index in [9.17, 15) is 4.79 Å². The van der Waals surface area contributed by atoms with Crippen LogP contribution in [0.25, 0.3) is 0 Å². The highest BCUT2D eigenvalue weighted by Crippen LogP contribution is 2.33. The summed E-state index contributed by atoms with van der Waals surface area (Å²) in [5.74, 6) is 0.765. The van der Waals surface area contributed by atoms with Crippen LogP contribution in [-0.2, 0) is 11.2 Å². The van der Waals surface area contributed by atoms with Crippen LogP contribution in [0, 0.1) is 0 Å². The van der Waals surface area contributed by atoms with Crippen LogP contribution in [-0.4, -0.2) is 26.6 Å². The molecule has 7 nitrogen and oxygen atoms in total. The number of carbonyl (C=O) groups excluding carboxylic acids is 1. The molecule has 2 heterocycles. The molecule has 0 unspecified atom stereocenters. The van der Waals surface area contributed by atoms with Crippen molar-refractivity contribution in [1.29, 1.82) is 0 Å². The maximum Gasteiger partial charge on any atom is 0.249 e. The number of rotatable bonds is 4. The average molecular weight is 401 g/mol. The van der Waals surface area contributed by atoms with Gasteiger partial charge in [-0.05, 0) is 54.4 Å². The summed E-state index contributed by atoms with van der Waals surface area (Å²) in [6.45, 7) is 2.31. The molecule has 0 radical (unpaired) electrons. The number of nitrogen functional groups attached to an aromatic ring is 1.